The number of carbonyl (C=O) groups is 2. The zero-order chi connectivity index (χ0) is 20.3. The molecule has 2 aliphatic rings. The van der Waals surface area contributed by atoms with Crippen LogP contribution < -0.4 is 4.90 Å². The van der Waals surface area contributed by atoms with Gasteiger partial charge in [-0.05, 0) is 30.7 Å². The maximum atomic E-state index is 13.1. The summed E-state index contributed by atoms with van der Waals surface area (Å²) in [6, 6.07) is -0.277. The lowest BCUT2D eigenvalue weighted by atomic mass is 9.85. The number of aromatic nitrogens is 2. The summed E-state index contributed by atoms with van der Waals surface area (Å²) in [4.78, 5) is 40.0. The van der Waals surface area contributed by atoms with Crippen LogP contribution in [0.5, 0.6) is 0 Å². The lowest BCUT2D eigenvalue weighted by Gasteiger charge is -2.42. The third-order valence-electron chi connectivity index (χ3n) is 5.60. The highest BCUT2D eigenvalue weighted by Crippen LogP contribution is 2.38. The lowest BCUT2D eigenvalue weighted by Crippen LogP contribution is -2.57. The van der Waals surface area contributed by atoms with Crippen molar-refractivity contribution < 1.29 is 14.7 Å². The second-order valence-electron chi connectivity index (χ2n) is 8.13. The van der Waals surface area contributed by atoms with E-state index in [0.717, 1.165) is 18.4 Å². The Bertz CT molecular complexity index is 698. The van der Waals surface area contributed by atoms with Gasteiger partial charge in [0.05, 0.1) is 13.2 Å². The number of urea groups is 1. The number of imide groups is 1. The number of anilines is 1. The first kappa shape index (κ1) is 20.5. The highest BCUT2D eigenvalue weighted by atomic mass is 16.3. The fraction of sp³-hybridized carbons (Fsp3) is 0.700. The molecule has 1 aromatic rings. The number of amides is 3. The molecule has 0 aliphatic carbocycles. The van der Waals surface area contributed by atoms with Crippen molar-refractivity contribution in [3.8, 4) is 0 Å². The van der Waals surface area contributed by atoms with Gasteiger partial charge in [-0.3, -0.25) is 9.69 Å². The summed E-state index contributed by atoms with van der Waals surface area (Å²) in [5, 5.41) is 9.28. The molecule has 0 unspecified atom stereocenters. The Morgan fingerprint density at radius 1 is 1.18 bits per heavy atom. The van der Waals surface area contributed by atoms with E-state index in [9.17, 15) is 14.7 Å². The largest absolute Gasteiger partial charge is 0.395 e. The van der Waals surface area contributed by atoms with E-state index < -0.39 is 5.54 Å². The van der Waals surface area contributed by atoms with E-state index in [2.05, 4.69) is 21.8 Å². The van der Waals surface area contributed by atoms with Gasteiger partial charge in [0, 0.05) is 32.0 Å². The molecule has 0 atom stereocenters. The third kappa shape index (κ3) is 3.70. The van der Waals surface area contributed by atoms with Crippen LogP contribution in [-0.2, 0) is 11.2 Å². The van der Waals surface area contributed by atoms with Crippen LogP contribution in [0.4, 0.5) is 10.7 Å². The van der Waals surface area contributed by atoms with Crippen LogP contribution in [0.15, 0.2) is 12.4 Å². The van der Waals surface area contributed by atoms with E-state index in [0.29, 0.717) is 38.4 Å². The average Bonchev–Trinajstić information content (AvgIpc) is 2.86. The predicted molar refractivity (Wildman–Crippen MR) is 106 cm³/mol. The molecule has 3 amide bonds. The summed E-state index contributed by atoms with van der Waals surface area (Å²) < 4.78 is 0. The van der Waals surface area contributed by atoms with Crippen LogP contribution in [0, 0.1) is 5.92 Å². The van der Waals surface area contributed by atoms with Gasteiger partial charge in [-0.15, -0.1) is 0 Å². The van der Waals surface area contributed by atoms with Gasteiger partial charge in [0.1, 0.15) is 5.54 Å². The number of rotatable bonds is 7. The summed E-state index contributed by atoms with van der Waals surface area (Å²) in [6.07, 6.45) is 6.85. The molecule has 1 N–H and O–H groups in total. The number of aliphatic hydroxyl groups is 1. The van der Waals surface area contributed by atoms with Crippen molar-refractivity contribution in [2.45, 2.75) is 52.0 Å². The second kappa shape index (κ2) is 8.43. The summed E-state index contributed by atoms with van der Waals surface area (Å²) >= 11 is 0. The number of aryl methyl sites for hydroxylation is 1. The maximum absolute atomic E-state index is 13.1. The van der Waals surface area contributed by atoms with Crippen LogP contribution in [0.2, 0.25) is 0 Å². The quantitative estimate of drug-likeness (QED) is 0.714. The minimum Gasteiger partial charge on any atom is -0.395 e. The molecule has 1 aromatic heterocycles. The Kier molecular flexibility index (Phi) is 6.17. The van der Waals surface area contributed by atoms with Gasteiger partial charge in [-0.1, -0.05) is 27.2 Å². The van der Waals surface area contributed by atoms with Crippen molar-refractivity contribution in [3.05, 3.63) is 18.0 Å². The van der Waals surface area contributed by atoms with Gasteiger partial charge in [0.2, 0.25) is 5.95 Å². The molecule has 0 aromatic carbocycles. The van der Waals surface area contributed by atoms with E-state index in [1.807, 2.05) is 26.2 Å². The van der Waals surface area contributed by atoms with Crippen LogP contribution >= 0.6 is 0 Å². The molecule has 1 spiro atoms. The summed E-state index contributed by atoms with van der Waals surface area (Å²) in [5.41, 5.74) is 0.314. The average molecular weight is 390 g/mol. The highest BCUT2D eigenvalue weighted by Gasteiger charge is 2.57. The Morgan fingerprint density at radius 3 is 2.36 bits per heavy atom. The first-order valence-corrected chi connectivity index (χ1v) is 10.2. The molecule has 0 bridgehead atoms. The molecule has 2 saturated heterocycles. The topological polar surface area (TPSA) is 89.9 Å². The number of hydrogen-bond donors (Lipinski definition) is 1. The van der Waals surface area contributed by atoms with Crippen LogP contribution in [0.1, 0.15) is 45.6 Å². The summed E-state index contributed by atoms with van der Waals surface area (Å²) in [6.45, 7) is 7.83. The van der Waals surface area contributed by atoms with E-state index in [-0.39, 0.29) is 31.0 Å². The van der Waals surface area contributed by atoms with E-state index >= 15 is 0 Å². The van der Waals surface area contributed by atoms with Crippen LogP contribution in [-0.4, -0.2) is 75.1 Å². The molecule has 0 radical (unpaired) electrons. The summed E-state index contributed by atoms with van der Waals surface area (Å²) in [7, 11) is 0. The van der Waals surface area contributed by atoms with Crippen LogP contribution in [0.25, 0.3) is 0 Å². The van der Waals surface area contributed by atoms with Crippen LogP contribution in [0.3, 0.4) is 0 Å². The SMILES string of the molecule is CCCc1cnc(N2CCC3(CC2)C(=O)N(CCO)C(=O)N3CC(C)C)nc1. The number of β-amino-alcohol motifs (C(OH)–C–C–N with tert-alkyl or cyclic N) is 1. The summed E-state index contributed by atoms with van der Waals surface area (Å²) in [5.74, 6) is 0.760. The molecular weight excluding hydrogens is 358 g/mol. The van der Waals surface area contributed by atoms with Crippen molar-refractivity contribution in [1.29, 1.82) is 0 Å². The van der Waals surface area contributed by atoms with Crippen molar-refractivity contribution in [2.75, 3.05) is 37.7 Å². The molecular formula is C20H31N5O3. The molecule has 154 valence electrons. The van der Waals surface area contributed by atoms with Gasteiger partial charge in [-0.2, -0.15) is 0 Å². The fourth-order valence-electron chi connectivity index (χ4n) is 4.19. The highest BCUT2D eigenvalue weighted by molar-refractivity contribution is 6.07. The number of nitrogens with zero attached hydrogens (tertiary/aromatic N) is 5. The predicted octanol–water partition coefficient (Wildman–Crippen LogP) is 1.68. The molecule has 8 nitrogen and oxygen atoms in total. The Balaban J connectivity index is 1.77. The van der Waals surface area contributed by atoms with Crippen molar-refractivity contribution in [2.24, 2.45) is 5.92 Å². The fourth-order valence-corrected chi connectivity index (χ4v) is 4.19. The normalized spacial score (nSPS) is 19.4. The number of aliphatic hydroxyl groups excluding tert-OH is 1. The maximum Gasteiger partial charge on any atom is 0.327 e. The smallest absolute Gasteiger partial charge is 0.327 e. The minimum atomic E-state index is -0.810. The van der Waals surface area contributed by atoms with Crippen molar-refractivity contribution >= 4 is 17.9 Å². The number of carbonyl (C=O) groups excluding carboxylic acids is 2. The Labute approximate surface area is 166 Å². The Morgan fingerprint density at radius 2 is 1.82 bits per heavy atom. The van der Waals surface area contributed by atoms with Gasteiger partial charge in [0.15, 0.2) is 0 Å². The monoisotopic (exact) mass is 389 g/mol. The van der Waals surface area contributed by atoms with Gasteiger partial charge in [0.25, 0.3) is 5.91 Å². The molecule has 3 rings (SSSR count). The van der Waals surface area contributed by atoms with Crippen molar-refractivity contribution in [3.63, 3.8) is 0 Å². The molecule has 8 heteroatoms. The number of piperidine rings is 1. The molecule has 2 aliphatic heterocycles. The van der Waals surface area contributed by atoms with E-state index in [4.69, 9.17) is 0 Å². The van der Waals surface area contributed by atoms with Gasteiger partial charge < -0.3 is 14.9 Å². The van der Waals surface area contributed by atoms with Crippen molar-refractivity contribution in [1.82, 2.24) is 19.8 Å². The molecule has 3 heterocycles. The zero-order valence-corrected chi connectivity index (χ0v) is 17.1. The second-order valence-corrected chi connectivity index (χ2v) is 8.13. The lowest BCUT2D eigenvalue weighted by molar-refractivity contribution is -0.134. The molecule has 28 heavy (non-hydrogen) atoms. The Hall–Kier alpha value is -2.22. The van der Waals surface area contributed by atoms with E-state index in [1.165, 1.54) is 4.90 Å². The third-order valence-corrected chi connectivity index (χ3v) is 5.60. The zero-order valence-electron chi connectivity index (χ0n) is 17.1. The van der Waals surface area contributed by atoms with Gasteiger partial charge in [-0.25, -0.2) is 14.8 Å². The molecule has 2 fully saturated rings. The first-order valence-electron chi connectivity index (χ1n) is 10.2. The van der Waals surface area contributed by atoms with Gasteiger partial charge >= 0.3 is 6.03 Å². The van der Waals surface area contributed by atoms with E-state index in [1.54, 1.807) is 4.90 Å². The standard InChI is InChI=1S/C20H31N5O3/c1-4-5-16-12-21-18(22-13-16)23-8-6-20(7-9-23)17(27)24(10-11-26)19(28)25(20)14-15(2)3/h12-13,15,26H,4-11,14H2,1-3H3. The molecule has 0 saturated carbocycles. The number of hydrogen-bond acceptors (Lipinski definition) is 6. The first-order chi connectivity index (χ1) is 13.4. The minimum absolute atomic E-state index is 0.0553.